The molecule has 0 aliphatic rings. The Morgan fingerprint density at radius 1 is 1.14 bits per heavy atom. The quantitative estimate of drug-likeness (QED) is 0.876. The van der Waals surface area contributed by atoms with Crippen molar-refractivity contribution >= 4 is 17.7 Å². The molecule has 5 heteroatoms. The van der Waals surface area contributed by atoms with Gasteiger partial charge in [-0.2, -0.15) is 0 Å². The van der Waals surface area contributed by atoms with Gasteiger partial charge in [0.2, 0.25) is 5.91 Å². The maximum atomic E-state index is 11.7. The molecule has 0 atom stereocenters. The summed E-state index contributed by atoms with van der Waals surface area (Å²) in [5, 5.41) is 5.53. The van der Waals surface area contributed by atoms with Crippen molar-refractivity contribution in [3.05, 3.63) is 29.8 Å². The van der Waals surface area contributed by atoms with Crippen molar-refractivity contribution in [1.29, 1.82) is 0 Å². The van der Waals surface area contributed by atoms with Crippen molar-refractivity contribution in [2.75, 3.05) is 11.9 Å². The summed E-state index contributed by atoms with van der Waals surface area (Å²) >= 11 is 0. The Kier molecular flexibility index (Phi) is 6.40. The average molecular weight is 306 g/mol. The van der Waals surface area contributed by atoms with Crippen LogP contribution in [0.5, 0.6) is 0 Å². The van der Waals surface area contributed by atoms with Crippen LogP contribution in [0.15, 0.2) is 24.3 Å². The van der Waals surface area contributed by atoms with Crippen molar-refractivity contribution in [3.8, 4) is 0 Å². The van der Waals surface area contributed by atoms with Gasteiger partial charge in [0.15, 0.2) is 0 Å². The van der Waals surface area contributed by atoms with Gasteiger partial charge < -0.3 is 10.1 Å². The van der Waals surface area contributed by atoms with Crippen LogP contribution < -0.4 is 10.6 Å². The second-order valence-electron chi connectivity index (χ2n) is 6.70. The van der Waals surface area contributed by atoms with Gasteiger partial charge in [0, 0.05) is 12.2 Å². The number of hydrogen-bond acceptors (Lipinski definition) is 3. The monoisotopic (exact) mass is 306 g/mol. The first-order valence-corrected chi connectivity index (χ1v) is 7.51. The lowest BCUT2D eigenvalue weighted by Crippen LogP contribution is -2.28. The summed E-state index contributed by atoms with van der Waals surface area (Å²) in [6.07, 6.45) is -0.158. The summed E-state index contributed by atoms with van der Waals surface area (Å²) in [5.74, 6) is 0.436. The molecule has 22 heavy (non-hydrogen) atoms. The molecule has 0 heterocycles. The number of carbonyl (C=O) groups is 2. The Morgan fingerprint density at radius 3 is 2.23 bits per heavy atom. The summed E-state index contributed by atoms with van der Waals surface area (Å²) in [7, 11) is 0. The van der Waals surface area contributed by atoms with Gasteiger partial charge >= 0.3 is 6.09 Å². The number of benzene rings is 1. The van der Waals surface area contributed by atoms with E-state index in [0.717, 1.165) is 5.56 Å². The van der Waals surface area contributed by atoms with E-state index in [1.165, 1.54) is 0 Å². The molecule has 2 N–H and O–H groups in total. The van der Waals surface area contributed by atoms with E-state index in [1.54, 1.807) is 12.1 Å². The fourth-order valence-corrected chi connectivity index (χ4v) is 1.69. The van der Waals surface area contributed by atoms with E-state index in [2.05, 4.69) is 24.5 Å². The summed E-state index contributed by atoms with van der Waals surface area (Å²) < 4.78 is 5.18. The molecule has 122 valence electrons. The molecular weight excluding hydrogens is 280 g/mol. The van der Waals surface area contributed by atoms with E-state index < -0.39 is 11.7 Å². The predicted octanol–water partition coefficient (Wildman–Crippen LogP) is 3.35. The van der Waals surface area contributed by atoms with Crippen molar-refractivity contribution in [2.45, 2.75) is 46.6 Å². The van der Waals surface area contributed by atoms with Crippen LogP contribution >= 0.6 is 0 Å². The maximum absolute atomic E-state index is 11.7. The van der Waals surface area contributed by atoms with Gasteiger partial charge in [0.25, 0.3) is 0 Å². The minimum atomic E-state index is -0.529. The first-order valence-electron chi connectivity index (χ1n) is 7.51. The van der Waals surface area contributed by atoms with Crippen LogP contribution in [0, 0.1) is 5.92 Å². The van der Waals surface area contributed by atoms with Crippen LogP contribution in [0.25, 0.3) is 0 Å². The largest absolute Gasteiger partial charge is 0.444 e. The highest BCUT2D eigenvalue weighted by atomic mass is 16.6. The summed E-state index contributed by atoms with van der Waals surface area (Å²) in [6.45, 7) is 10.2. The van der Waals surface area contributed by atoms with E-state index in [9.17, 15) is 9.59 Å². The Bertz CT molecular complexity index is 502. The molecule has 1 rings (SSSR count). The highest BCUT2D eigenvalue weighted by Crippen LogP contribution is 2.13. The number of anilines is 1. The molecule has 0 aliphatic heterocycles. The molecule has 0 fully saturated rings. The lowest BCUT2D eigenvalue weighted by molar-refractivity contribution is -0.120. The molecule has 0 spiro atoms. The van der Waals surface area contributed by atoms with E-state index in [1.807, 2.05) is 32.9 Å². The third-order valence-corrected chi connectivity index (χ3v) is 2.67. The molecule has 5 nitrogen and oxygen atoms in total. The zero-order valence-corrected chi connectivity index (χ0v) is 14.0. The number of rotatable bonds is 5. The third-order valence-electron chi connectivity index (χ3n) is 2.67. The van der Waals surface area contributed by atoms with E-state index in [4.69, 9.17) is 4.74 Å². The molecule has 2 amide bonds. The molecule has 0 saturated carbocycles. The lowest BCUT2D eigenvalue weighted by Gasteiger charge is -2.19. The Labute approximate surface area is 132 Å². The molecule has 1 aromatic rings. The van der Waals surface area contributed by atoms with Crippen LogP contribution in [-0.2, 0) is 16.0 Å². The SMILES string of the molecule is CC(C)CNC(=O)Cc1ccc(NC(=O)OC(C)(C)C)cc1. The highest BCUT2D eigenvalue weighted by molar-refractivity contribution is 5.85. The molecule has 0 radical (unpaired) electrons. The van der Waals surface area contributed by atoms with Crippen LogP contribution in [0.1, 0.15) is 40.2 Å². The Balaban J connectivity index is 2.49. The Hall–Kier alpha value is -2.04. The number of ether oxygens (including phenoxy) is 1. The molecule has 0 aliphatic carbocycles. The smallest absolute Gasteiger partial charge is 0.412 e. The molecule has 0 bridgehead atoms. The predicted molar refractivity (Wildman–Crippen MR) is 87.9 cm³/mol. The van der Waals surface area contributed by atoms with Crippen LogP contribution in [0.3, 0.4) is 0 Å². The van der Waals surface area contributed by atoms with Gasteiger partial charge in [-0.25, -0.2) is 4.79 Å². The van der Waals surface area contributed by atoms with Crippen molar-refractivity contribution < 1.29 is 14.3 Å². The number of hydrogen-bond donors (Lipinski definition) is 2. The maximum Gasteiger partial charge on any atom is 0.412 e. The lowest BCUT2D eigenvalue weighted by atomic mass is 10.1. The van der Waals surface area contributed by atoms with Crippen molar-refractivity contribution in [1.82, 2.24) is 5.32 Å². The van der Waals surface area contributed by atoms with Gasteiger partial charge in [-0.3, -0.25) is 10.1 Å². The van der Waals surface area contributed by atoms with E-state index >= 15 is 0 Å². The fourth-order valence-electron chi connectivity index (χ4n) is 1.69. The average Bonchev–Trinajstić information content (AvgIpc) is 2.36. The van der Waals surface area contributed by atoms with Crippen LogP contribution in [0.4, 0.5) is 10.5 Å². The van der Waals surface area contributed by atoms with Crippen LogP contribution in [0.2, 0.25) is 0 Å². The van der Waals surface area contributed by atoms with Gasteiger partial charge in [-0.05, 0) is 44.4 Å². The fraction of sp³-hybridized carbons (Fsp3) is 0.529. The summed E-state index contributed by atoms with van der Waals surface area (Å²) in [4.78, 5) is 23.4. The van der Waals surface area contributed by atoms with Gasteiger partial charge in [0.1, 0.15) is 5.60 Å². The van der Waals surface area contributed by atoms with E-state index in [-0.39, 0.29) is 5.91 Å². The third kappa shape index (κ3) is 7.67. The molecule has 0 aromatic heterocycles. The molecule has 0 saturated heterocycles. The van der Waals surface area contributed by atoms with Crippen molar-refractivity contribution in [2.24, 2.45) is 5.92 Å². The second-order valence-corrected chi connectivity index (χ2v) is 6.70. The van der Waals surface area contributed by atoms with Crippen molar-refractivity contribution in [3.63, 3.8) is 0 Å². The zero-order chi connectivity index (χ0) is 16.8. The molecular formula is C17H26N2O3. The van der Waals surface area contributed by atoms with Gasteiger partial charge in [-0.1, -0.05) is 26.0 Å². The first kappa shape index (κ1) is 18.0. The second kappa shape index (κ2) is 7.82. The first-order chi connectivity index (χ1) is 10.2. The summed E-state index contributed by atoms with van der Waals surface area (Å²) in [5.41, 5.74) is 1.01. The Morgan fingerprint density at radius 2 is 1.73 bits per heavy atom. The van der Waals surface area contributed by atoms with Crippen LogP contribution in [-0.4, -0.2) is 24.1 Å². The highest BCUT2D eigenvalue weighted by Gasteiger charge is 2.16. The minimum Gasteiger partial charge on any atom is -0.444 e. The minimum absolute atomic E-state index is 0.00144. The number of carbonyl (C=O) groups excluding carboxylic acids is 2. The van der Waals surface area contributed by atoms with E-state index in [0.29, 0.717) is 24.6 Å². The number of amides is 2. The van der Waals surface area contributed by atoms with Gasteiger partial charge in [0.05, 0.1) is 6.42 Å². The normalized spacial score (nSPS) is 11.2. The summed E-state index contributed by atoms with van der Waals surface area (Å²) in [6, 6.07) is 7.16. The topological polar surface area (TPSA) is 67.4 Å². The van der Waals surface area contributed by atoms with Gasteiger partial charge in [-0.15, -0.1) is 0 Å². The zero-order valence-electron chi connectivity index (χ0n) is 14.0. The standard InChI is InChI=1S/C17H26N2O3/c1-12(2)11-18-15(20)10-13-6-8-14(9-7-13)19-16(21)22-17(3,4)5/h6-9,12H,10-11H2,1-5H3,(H,18,20)(H,19,21). The molecule has 0 unspecified atom stereocenters. The molecule has 1 aromatic carbocycles. The number of nitrogens with one attached hydrogen (secondary N) is 2.